The molecular formula is C26H42N6O7. The number of benzene rings is 1. The summed E-state index contributed by atoms with van der Waals surface area (Å²) >= 11 is 0. The predicted molar refractivity (Wildman–Crippen MR) is 144 cm³/mol. The van der Waals surface area contributed by atoms with Gasteiger partial charge in [-0.15, -0.1) is 0 Å². The average molecular weight is 551 g/mol. The van der Waals surface area contributed by atoms with E-state index in [9.17, 15) is 34.2 Å². The van der Waals surface area contributed by atoms with Crippen LogP contribution in [0.4, 0.5) is 0 Å². The Kier molecular flexibility index (Phi) is 14.5. The molecule has 0 unspecified atom stereocenters. The number of carbonyl (C=O) groups excluding carboxylic acids is 4. The Morgan fingerprint density at radius 2 is 1.49 bits per heavy atom. The van der Waals surface area contributed by atoms with Gasteiger partial charge >= 0.3 is 5.97 Å². The van der Waals surface area contributed by atoms with Gasteiger partial charge in [0.1, 0.15) is 23.9 Å². The first-order valence-electron chi connectivity index (χ1n) is 13.0. The topological polar surface area (TPSA) is 240 Å². The van der Waals surface area contributed by atoms with E-state index < -0.39 is 59.7 Å². The van der Waals surface area contributed by atoms with E-state index in [0.717, 1.165) is 0 Å². The van der Waals surface area contributed by atoms with Gasteiger partial charge in [0.25, 0.3) is 0 Å². The first kappa shape index (κ1) is 33.3. The number of carbonyl (C=O) groups is 5. The highest BCUT2D eigenvalue weighted by atomic mass is 16.4. The summed E-state index contributed by atoms with van der Waals surface area (Å²) in [6, 6.07) is 1.42. The molecule has 1 rings (SSSR count). The quantitative estimate of drug-likeness (QED) is 0.107. The molecule has 0 aliphatic carbocycles. The summed E-state index contributed by atoms with van der Waals surface area (Å²) in [5, 5.41) is 26.7. The highest BCUT2D eigenvalue weighted by Gasteiger charge is 2.32. The number of phenolic OH excluding ortho intramolecular Hbond substituents is 1. The number of rotatable bonds is 18. The number of carboxylic acid groups (broad SMARTS) is 1. The van der Waals surface area contributed by atoms with E-state index in [0.29, 0.717) is 37.8 Å². The van der Waals surface area contributed by atoms with Crippen molar-refractivity contribution >= 4 is 29.6 Å². The normalized spacial score (nSPS) is 14.8. The number of nitrogens with two attached hydrogens (primary N) is 3. The molecule has 0 saturated carbocycles. The molecule has 0 fully saturated rings. The third kappa shape index (κ3) is 12.1. The number of phenols is 1. The average Bonchev–Trinajstić information content (AvgIpc) is 2.89. The van der Waals surface area contributed by atoms with Crippen LogP contribution in [0, 0.1) is 5.92 Å². The van der Waals surface area contributed by atoms with Crippen LogP contribution in [0.5, 0.6) is 5.75 Å². The van der Waals surface area contributed by atoms with Crippen molar-refractivity contribution in [2.75, 3.05) is 6.54 Å². The summed E-state index contributed by atoms with van der Waals surface area (Å²) in [6.07, 6.45) is 1.70. The number of nitrogens with one attached hydrogen (secondary N) is 3. The van der Waals surface area contributed by atoms with Crippen molar-refractivity contribution in [1.29, 1.82) is 0 Å². The van der Waals surface area contributed by atoms with Gasteiger partial charge in [0.15, 0.2) is 0 Å². The summed E-state index contributed by atoms with van der Waals surface area (Å²) in [5.41, 5.74) is 17.3. The molecule has 1 aromatic carbocycles. The fraction of sp³-hybridized carbons (Fsp3) is 0.577. The van der Waals surface area contributed by atoms with Gasteiger partial charge < -0.3 is 43.4 Å². The van der Waals surface area contributed by atoms with Crippen LogP contribution >= 0.6 is 0 Å². The monoisotopic (exact) mass is 550 g/mol. The molecule has 13 nitrogen and oxygen atoms in total. The molecule has 0 aliphatic heterocycles. The largest absolute Gasteiger partial charge is 0.508 e. The maximum absolute atomic E-state index is 13.4. The number of carboxylic acids is 1. The maximum atomic E-state index is 13.4. The fourth-order valence-corrected chi connectivity index (χ4v) is 3.76. The second-order valence-electron chi connectivity index (χ2n) is 9.60. The maximum Gasteiger partial charge on any atom is 0.326 e. The van der Waals surface area contributed by atoms with Crippen LogP contribution in [0.25, 0.3) is 0 Å². The lowest BCUT2D eigenvalue weighted by molar-refractivity contribution is -0.144. The summed E-state index contributed by atoms with van der Waals surface area (Å²) < 4.78 is 0. The summed E-state index contributed by atoms with van der Waals surface area (Å²) in [7, 11) is 0. The van der Waals surface area contributed by atoms with Crippen LogP contribution in [0.3, 0.4) is 0 Å². The molecule has 0 spiro atoms. The van der Waals surface area contributed by atoms with Crippen LogP contribution in [0.15, 0.2) is 24.3 Å². The van der Waals surface area contributed by atoms with Gasteiger partial charge in [0, 0.05) is 12.8 Å². The van der Waals surface area contributed by atoms with E-state index >= 15 is 0 Å². The van der Waals surface area contributed by atoms with Gasteiger partial charge in [-0.05, 0) is 49.4 Å². The van der Waals surface area contributed by atoms with Gasteiger partial charge in [-0.25, -0.2) is 4.79 Å². The smallest absolute Gasteiger partial charge is 0.326 e. The van der Waals surface area contributed by atoms with Gasteiger partial charge in [-0.3, -0.25) is 19.2 Å². The minimum absolute atomic E-state index is 0.00213. The zero-order valence-electron chi connectivity index (χ0n) is 22.5. The van der Waals surface area contributed by atoms with Crippen LogP contribution in [-0.4, -0.2) is 70.5 Å². The van der Waals surface area contributed by atoms with Gasteiger partial charge in [0.05, 0.1) is 6.04 Å². The Morgan fingerprint density at radius 3 is 2.03 bits per heavy atom. The molecule has 0 radical (unpaired) electrons. The first-order chi connectivity index (χ1) is 18.4. The Morgan fingerprint density at radius 1 is 0.897 bits per heavy atom. The molecule has 0 heterocycles. The van der Waals surface area contributed by atoms with E-state index in [2.05, 4.69) is 16.0 Å². The highest BCUT2D eigenvalue weighted by molar-refractivity contribution is 5.94. The lowest BCUT2D eigenvalue weighted by Gasteiger charge is -2.26. The number of hydrogen-bond donors (Lipinski definition) is 8. The fourth-order valence-electron chi connectivity index (χ4n) is 3.76. The van der Waals surface area contributed by atoms with Gasteiger partial charge in [-0.1, -0.05) is 38.8 Å². The molecule has 218 valence electrons. The molecule has 39 heavy (non-hydrogen) atoms. The summed E-state index contributed by atoms with van der Waals surface area (Å²) in [4.78, 5) is 62.3. The van der Waals surface area contributed by atoms with Crippen LogP contribution in [-0.2, 0) is 30.4 Å². The molecule has 0 aromatic heterocycles. The number of amides is 4. The third-order valence-corrected chi connectivity index (χ3v) is 6.40. The molecule has 5 atom stereocenters. The molecule has 13 heteroatoms. The first-order valence-corrected chi connectivity index (χ1v) is 13.0. The van der Waals surface area contributed by atoms with Gasteiger partial charge in [-0.2, -0.15) is 0 Å². The van der Waals surface area contributed by atoms with E-state index in [1.54, 1.807) is 26.0 Å². The molecule has 1 aromatic rings. The molecule has 0 bridgehead atoms. The number of primary amides is 1. The highest BCUT2D eigenvalue weighted by Crippen LogP contribution is 2.13. The van der Waals surface area contributed by atoms with Crippen LogP contribution in [0.2, 0.25) is 0 Å². The van der Waals surface area contributed by atoms with Crippen molar-refractivity contribution in [3.05, 3.63) is 29.8 Å². The minimum Gasteiger partial charge on any atom is -0.508 e. The third-order valence-electron chi connectivity index (χ3n) is 6.40. The molecule has 11 N–H and O–H groups in total. The molecule has 0 aliphatic rings. The molecule has 0 saturated heterocycles. The molecular weight excluding hydrogens is 508 g/mol. The number of aliphatic carboxylic acids is 1. The Labute approximate surface area is 228 Å². The van der Waals surface area contributed by atoms with Crippen molar-refractivity contribution < 1.29 is 34.2 Å². The van der Waals surface area contributed by atoms with Crippen molar-refractivity contribution in [3.63, 3.8) is 0 Å². The SMILES string of the molecule is CC[C@H](C)[C@H](NC(=O)[C@H](CCC(N)=O)NC(=O)[C@H](Cc1ccc(O)cc1)NC(=O)[C@@H](N)CCCCN)C(=O)O. The second-order valence-corrected chi connectivity index (χ2v) is 9.60. The summed E-state index contributed by atoms with van der Waals surface area (Å²) in [5.74, 6) is -4.46. The van der Waals surface area contributed by atoms with E-state index in [4.69, 9.17) is 17.2 Å². The van der Waals surface area contributed by atoms with E-state index in [1.165, 1.54) is 12.1 Å². The Hall–Kier alpha value is -3.71. The predicted octanol–water partition coefficient (Wildman–Crippen LogP) is -0.758. The number of aromatic hydroxyl groups is 1. The standard InChI is InChI=1S/C26H42N6O7/c1-3-15(2)22(26(38)39)32-24(36)19(11-12-21(29)34)30-25(37)20(14-16-7-9-17(33)10-8-16)31-23(35)18(28)6-4-5-13-27/h7-10,15,18-20,22,33H,3-6,11-14,27-28H2,1-2H3,(H2,29,34)(H,30,37)(H,31,35)(H,32,36)(H,38,39)/t15-,18-,19-,20-,22-/m0/s1. The lowest BCUT2D eigenvalue weighted by atomic mass is 9.98. The van der Waals surface area contributed by atoms with Crippen molar-refractivity contribution in [1.82, 2.24) is 16.0 Å². The molecule has 4 amide bonds. The van der Waals surface area contributed by atoms with E-state index in [1.807, 2.05) is 0 Å². The zero-order chi connectivity index (χ0) is 29.5. The number of unbranched alkanes of at least 4 members (excludes halogenated alkanes) is 1. The zero-order valence-corrected chi connectivity index (χ0v) is 22.5. The minimum atomic E-state index is -1.30. The summed E-state index contributed by atoms with van der Waals surface area (Å²) in [6.45, 7) is 3.89. The second kappa shape index (κ2) is 17.0. The van der Waals surface area contributed by atoms with Crippen LogP contribution in [0.1, 0.15) is 57.9 Å². The van der Waals surface area contributed by atoms with Crippen LogP contribution < -0.4 is 33.2 Å². The van der Waals surface area contributed by atoms with Crippen molar-refractivity contribution in [3.8, 4) is 5.75 Å². The van der Waals surface area contributed by atoms with Crippen molar-refractivity contribution in [2.24, 2.45) is 23.1 Å². The van der Waals surface area contributed by atoms with Gasteiger partial charge in [0.2, 0.25) is 23.6 Å². The number of hydrogen-bond acceptors (Lipinski definition) is 8. The Bertz CT molecular complexity index is 972. The lowest BCUT2D eigenvalue weighted by Crippen LogP contribution is -2.58. The van der Waals surface area contributed by atoms with E-state index in [-0.39, 0.29) is 25.0 Å². The Balaban J connectivity index is 3.15. The van der Waals surface area contributed by atoms with Crippen molar-refractivity contribution in [2.45, 2.75) is 83.0 Å².